The quantitative estimate of drug-likeness (QED) is 0.702. The van der Waals surface area contributed by atoms with E-state index < -0.39 is 0 Å². The van der Waals surface area contributed by atoms with Crippen LogP contribution in [0.15, 0.2) is 0 Å². The van der Waals surface area contributed by atoms with Crippen molar-refractivity contribution < 1.29 is 4.74 Å². The molecule has 3 nitrogen and oxygen atoms in total. The molecule has 0 aromatic heterocycles. The number of ether oxygens (including phenoxy) is 1. The standard InChI is InChI=1S/C10H22N2O/c1-9-4-5-12(6-9)10(2,7-11)8-13-3/h9H,4-8,11H2,1-3H3. The first kappa shape index (κ1) is 11.0. The molecule has 0 aromatic rings. The average Bonchev–Trinajstić information content (AvgIpc) is 2.52. The molecule has 78 valence electrons. The molecule has 0 radical (unpaired) electrons. The minimum Gasteiger partial charge on any atom is -0.383 e. The molecule has 1 heterocycles. The molecular weight excluding hydrogens is 164 g/mol. The van der Waals surface area contributed by atoms with Crippen LogP contribution in [0.25, 0.3) is 0 Å². The van der Waals surface area contributed by atoms with Crippen molar-refractivity contribution in [2.45, 2.75) is 25.8 Å². The minimum absolute atomic E-state index is 0.0412. The molecule has 3 heteroatoms. The molecule has 0 saturated carbocycles. The van der Waals surface area contributed by atoms with Crippen LogP contribution in [-0.2, 0) is 4.74 Å². The summed E-state index contributed by atoms with van der Waals surface area (Å²) < 4.78 is 5.22. The number of hydrogen-bond acceptors (Lipinski definition) is 3. The van der Waals surface area contributed by atoms with Gasteiger partial charge >= 0.3 is 0 Å². The molecule has 0 amide bonds. The molecule has 1 saturated heterocycles. The number of likely N-dealkylation sites (tertiary alicyclic amines) is 1. The summed E-state index contributed by atoms with van der Waals surface area (Å²) in [4.78, 5) is 2.46. The van der Waals surface area contributed by atoms with Crippen LogP contribution < -0.4 is 5.73 Å². The molecule has 1 aliphatic rings. The first-order chi connectivity index (χ1) is 6.12. The summed E-state index contributed by atoms with van der Waals surface area (Å²) in [5, 5.41) is 0. The highest BCUT2D eigenvalue weighted by molar-refractivity contribution is 4.91. The highest BCUT2D eigenvalue weighted by Gasteiger charge is 2.34. The molecule has 1 aliphatic heterocycles. The first-order valence-corrected chi connectivity index (χ1v) is 5.06. The van der Waals surface area contributed by atoms with Crippen molar-refractivity contribution in [1.82, 2.24) is 4.90 Å². The zero-order valence-corrected chi connectivity index (χ0v) is 9.05. The second-order valence-electron chi connectivity index (χ2n) is 4.47. The third kappa shape index (κ3) is 2.42. The van der Waals surface area contributed by atoms with Gasteiger partial charge in [0.15, 0.2) is 0 Å². The van der Waals surface area contributed by atoms with Gasteiger partial charge < -0.3 is 10.5 Å². The van der Waals surface area contributed by atoms with E-state index in [1.807, 2.05) is 0 Å². The molecule has 0 aliphatic carbocycles. The second-order valence-corrected chi connectivity index (χ2v) is 4.47. The van der Waals surface area contributed by atoms with Gasteiger partial charge in [-0.2, -0.15) is 0 Å². The SMILES string of the molecule is COCC(C)(CN)N1CCC(C)C1. The molecule has 2 N–H and O–H groups in total. The lowest BCUT2D eigenvalue weighted by Gasteiger charge is -2.37. The van der Waals surface area contributed by atoms with Gasteiger partial charge in [0.25, 0.3) is 0 Å². The lowest BCUT2D eigenvalue weighted by atomic mass is 10.0. The normalized spacial score (nSPS) is 29.1. The van der Waals surface area contributed by atoms with Gasteiger partial charge in [-0.05, 0) is 25.8 Å². The van der Waals surface area contributed by atoms with Crippen LogP contribution in [0.3, 0.4) is 0 Å². The van der Waals surface area contributed by atoms with Crippen LogP contribution in [0.5, 0.6) is 0 Å². The van der Waals surface area contributed by atoms with E-state index in [0.717, 1.165) is 25.6 Å². The summed E-state index contributed by atoms with van der Waals surface area (Å²) in [6.45, 7) is 8.22. The zero-order valence-electron chi connectivity index (χ0n) is 9.05. The van der Waals surface area contributed by atoms with Crippen LogP contribution in [0.1, 0.15) is 20.3 Å². The maximum absolute atomic E-state index is 5.80. The van der Waals surface area contributed by atoms with Crippen LogP contribution in [0, 0.1) is 5.92 Å². The molecule has 1 fully saturated rings. The van der Waals surface area contributed by atoms with E-state index in [2.05, 4.69) is 18.7 Å². The number of rotatable bonds is 4. The topological polar surface area (TPSA) is 38.5 Å². The Labute approximate surface area is 81.2 Å². The summed E-state index contributed by atoms with van der Waals surface area (Å²) in [5.74, 6) is 0.808. The predicted molar refractivity (Wildman–Crippen MR) is 54.7 cm³/mol. The number of nitrogens with two attached hydrogens (primary N) is 1. The predicted octanol–water partition coefficient (Wildman–Crippen LogP) is 0.692. The monoisotopic (exact) mass is 186 g/mol. The number of methoxy groups -OCH3 is 1. The van der Waals surface area contributed by atoms with Gasteiger partial charge in [-0.15, -0.1) is 0 Å². The Morgan fingerprint density at radius 2 is 2.31 bits per heavy atom. The van der Waals surface area contributed by atoms with E-state index in [4.69, 9.17) is 10.5 Å². The van der Waals surface area contributed by atoms with Crippen molar-refractivity contribution in [3.05, 3.63) is 0 Å². The van der Waals surface area contributed by atoms with Gasteiger partial charge in [-0.1, -0.05) is 6.92 Å². The summed E-state index contributed by atoms with van der Waals surface area (Å²) >= 11 is 0. The Hall–Kier alpha value is -0.120. The minimum atomic E-state index is 0.0412. The first-order valence-electron chi connectivity index (χ1n) is 5.06. The fraction of sp³-hybridized carbons (Fsp3) is 1.00. The van der Waals surface area contributed by atoms with E-state index >= 15 is 0 Å². The summed E-state index contributed by atoms with van der Waals surface area (Å²) in [7, 11) is 1.74. The second kappa shape index (κ2) is 4.40. The Morgan fingerprint density at radius 3 is 2.69 bits per heavy atom. The highest BCUT2D eigenvalue weighted by atomic mass is 16.5. The van der Waals surface area contributed by atoms with E-state index in [9.17, 15) is 0 Å². The highest BCUT2D eigenvalue weighted by Crippen LogP contribution is 2.24. The van der Waals surface area contributed by atoms with Crippen LogP contribution in [0.4, 0.5) is 0 Å². The largest absolute Gasteiger partial charge is 0.383 e. The molecule has 0 spiro atoms. The van der Waals surface area contributed by atoms with Crippen molar-refractivity contribution >= 4 is 0 Å². The maximum atomic E-state index is 5.80. The lowest BCUT2D eigenvalue weighted by Crippen LogP contribution is -2.53. The fourth-order valence-electron chi connectivity index (χ4n) is 2.02. The molecule has 1 rings (SSSR count). The van der Waals surface area contributed by atoms with Gasteiger partial charge in [0.1, 0.15) is 0 Å². The molecular formula is C10H22N2O. The van der Waals surface area contributed by atoms with Gasteiger partial charge in [0.2, 0.25) is 0 Å². The van der Waals surface area contributed by atoms with Gasteiger partial charge in [0, 0.05) is 20.2 Å². The summed E-state index contributed by atoms with van der Waals surface area (Å²) in [6, 6.07) is 0. The number of nitrogens with zero attached hydrogens (tertiary/aromatic N) is 1. The smallest absolute Gasteiger partial charge is 0.0656 e. The van der Waals surface area contributed by atoms with Crippen molar-refractivity contribution in [3.8, 4) is 0 Å². The van der Waals surface area contributed by atoms with Crippen LogP contribution in [0.2, 0.25) is 0 Å². The van der Waals surface area contributed by atoms with Crippen LogP contribution >= 0.6 is 0 Å². The van der Waals surface area contributed by atoms with Crippen LogP contribution in [-0.4, -0.2) is 43.8 Å². The fourth-order valence-corrected chi connectivity index (χ4v) is 2.02. The zero-order chi connectivity index (χ0) is 9.90. The van der Waals surface area contributed by atoms with E-state index in [1.54, 1.807) is 7.11 Å². The molecule has 2 atom stereocenters. The van der Waals surface area contributed by atoms with E-state index in [0.29, 0.717) is 6.54 Å². The molecule has 0 aromatic carbocycles. The Kier molecular flexibility index (Phi) is 3.71. The van der Waals surface area contributed by atoms with Crippen molar-refractivity contribution in [2.24, 2.45) is 11.7 Å². The Morgan fingerprint density at radius 1 is 1.62 bits per heavy atom. The summed E-state index contributed by atoms with van der Waals surface area (Å²) in [6.07, 6.45) is 1.29. The molecule has 0 bridgehead atoms. The van der Waals surface area contributed by atoms with Crippen molar-refractivity contribution in [1.29, 1.82) is 0 Å². The van der Waals surface area contributed by atoms with Gasteiger partial charge in [-0.25, -0.2) is 0 Å². The molecule has 2 unspecified atom stereocenters. The number of hydrogen-bond donors (Lipinski definition) is 1. The van der Waals surface area contributed by atoms with E-state index in [-0.39, 0.29) is 5.54 Å². The third-order valence-corrected chi connectivity index (χ3v) is 3.08. The van der Waals surface area contributed by atoms with Gasteiger partial charge in [0.05, 0.1) is 12.1 Å². The Balaban J connectivity index is 2.55. The lowest BCUT2D eigenvalue weighted by molar-refractivity contribution is 0.0403. The Bertz CT molecular complexity index is 163. The summed E-state index contributed by atoms with van der Waals surface area (Å²) in [5.41, 5.74) is 5.84. The van der Waals surface area contributed by atoms with Crippen molar-refractivity contribution in [2.75, 3.05) is 33.4 Å². The molecule has 13 heavy (non-hydrogen) atoms. The average molecular weight is 186 g/mol. The maximum Gasteiger partial charge on any atom is 0.0656 e. The third-order valence-electron chi connectivity index (χ3n) is 3.08. The van der Waals surface area contributed by atoms with E-state index in [1.165, 1.54) is 6.42 Å². The van der Waals surface area contributed by atoms with Gasteiger partial charge in [-0.3, -0.25) is 4.90 Å². The van der Waals surface area contributed by atoms with Crippen molar-refractivity contribution in [3.63, 3.8) is 0 Å².